The van der Waals surface area contributed by atoms with Gasteiger partial charge in [-0.2, -0.15) is 0 Å². The number of rotatable bonds is 5. The van der Waals surface area contributed by atoms with Crippen molar-refractivity contribution >= 4 is 27.3 Å². The summed E-state index contributed by atoms with van der Waals surface area (Å²) >= 11 is 5.13. The largest absolute Gasteiger partial charge is 0.468 e. The molecule has 2 aromatic heterocycles. The van der Waals surface area contributed by atoms with Crippen LogP contribution in [0.1, 0.15) is 11.5 Å². The van der Waals surface area contributed by atoms with E-state index in [4.69, 9.17) is 9.40 Å². The van der Waals surface area contributed by atoms with Gasteiger partial charge in [-0.05, 0) is 31.3 Å². The molecular weight excluding hydrogens is 348 g/mol. The monoisotopic (exact) mass is 362 g/mol. The Morgan fingerprint density at radius 2 is 2.00 bits per heavy atom. The molecule has 3 nitrogen and oxygen atoms in total. The highest BCUT2D eigenvalue weighted by molar-refractivity contribution is 9.10. The SMILES string of the molecule is CN(Cc1csc(-c2ccc(Br)cc2)n1)Cc1ccco1. The molecule has 0 fully saturated rings. The molecule has 21 heavy (non-hydrogen) atoms. The highest BCUT2D eigenvalue weighted by Gasteiger charge is 2.08. The van der Waals surface area contributed by atoms with Gasteiger partial charge in [-0.25, -0.2) is 4.98 Å². The molecule has 0 amide bonds. The second-order valence-corrected chi connectivity index (χ2v) is 6.68. The molecular formula is C16H15BrN2OS. The summed E-state index contributed by atoms with van der Waals surface area (Å²) in [6, 6.07) is 12.2. The Hall–Kier alpha value is -1.43. The van der Waals surface area contributed by atoms with Crippen molar-refractivity contribution in [2.45, 2.75) is 13.1 Å². The lowest BCUT2D eigenvalue weighted by molar-refractivity contribution is 0.285. The van der Waals surface area contributed by atoms with Gasteiger partial charge in [-0.15, -0.1) is 11.3 Å². The van der Waals surface area contributed by atoms with E-state index in [1.54, 1.807) is 17.6 Å². The molecule has 2 heterocycles. The molecule has 0 spiro atoms. The summed E-state index contributed by atoms with van der Waals surface area (Å²) < 4.78 is 6.45. The van der Waals surface area contributed by atoms with Gasteiger partial charge in [0.15, 0.2) is 0 Å². The first-order valence-corrected chi connectivity index (χ1v) is 8.29. The zero-order valence-corrected chi connectivity index (χ0v) is 14.0. The molecule has 0 aliphatic rings. The summed E-state index contributed by atoms with van der Waals surface area (Å²) in [5.74, 6) is 0.973. The average molecular weight is 363 g/mol. The first-order valence-electron chi connectivity index (χ1n) is 6.62. The van der Waals surface area contributed by atoms with Crippen LogP contribution in [0.15, 0.2) is 56.9 Å². The van der Waals surface area contributed by atoms with Crippen molar-refractivity contribution in [1.82, 2.24) is 9.88 Å². The van der Waals surface area contributed by atoms with Crippen LogP contribution >= 0.6 is 27.3 Å². The smallest absolute Gasteiger partial charge is 0.123 e. The number of hydrogen-bond donors (Lipinski definition) is 0. The first kappa shape index (κ1) is 14.5. The van der Waals surface area contributed by atoms with Crippen LogP contribution in [0.3, 0.4) is 0 Å². The van der Waals surface area contributed by atoms with Gasteiger partial charge in [0.2, 0.25) is 0 Å². The standard InChI is InChI=1S/C16H15BrN2OS/c1-19(10-15-3-2-8-20-15)9-14-11-21-16(18-14)12-4-6-13(17)7-5-12/h2-8,11H,9-10H2,1H3. The molecule has 0 aliphatic carbocycles. The van der Waals surface area contributed by atoms with Gasteiger partial charge in [0, 0.05) is 22.0 Å². The maximum atomic E-state index is 5.36. The number of nitrogens with zero attached hydrogens (tertiary/aromatic N) is 2. The Morgan fingerprint density at radius 3 is 2.71 bits per heavy atom. The highest BCUT2D eigenvalue weighted by Crippen LogP contribution is 2.25. The Kier molecular flexibility index (Phi) is 4.53. The molecule has 0 atom stereocenters. The van der Waals surface area contributed by atoms with Gasteiger partial charge < -0.3 is 4.42 Å². The van der Waals surface area contributed by atoms with Crippen LogP contribution in [0.4, 0.5) is 0 Å². The number of halogens is 1. The molecule has 0 bridgehead atoms. The Bertz CT molecular complexity index is 691. The number of furan rings is 1. The van der Waals surface area contributed by atoms with Gasteiger partial charge in [-0.3, -0.25) is 4.90 Å². The fourth-order valence-electron chi connectivity index (χ4n) is 2.11. The van der Waals surface area contributed by atoms with E-state index in [0.717, 1.165) is 39.6 Å². The minimum Gasteiger partial charge on any atom is -0.468 e. The van der Waals surface area contributed by atoms with Crippen LogP contribution in [0, 0.1) is 0 Å². The summed E-state index contributed by atoms with van der Waals surface area (Å²) in [6.07, 6.45) is 1.71. The summed E-state index contributed by atoms with van der Waals surface area (Å²) in [7, 11) is 2.07. The fourth-order valence-corrected chi connectivity index (χ4v) is 3.19. The van der Waals surface area contributed by atoms with Gasteiger partial charge in [0.1, 0.15) is 10.8 Å². The average Bonchev–Trinajstić information content (AvgIpc) is 3.11. The molecule has 3 rings (SSSR count). The van der Waals surface area contributed by atoms with E-state index in [2.05, 4.69) is 45.4 Å². The zero-order chi connectivity index (χ0) is 14.7. The van der Waals surface area contributed by atoms with E-state index in [9.17, 15) is 0 Å². The minimum absolute atomic E-state index is 0.790. The van der Waals surface area contributed by atoms with Crippen LogP contribution in [-0.2, 0) is 13.1 Å². The molecule has 0 unspecified atom stereocenters. The molecule has 0 aliphatic heterocycles. The van der Waals surface area contributed by atoms with E-state index >= 15 is 0 Å². The van der Waals surface area contributed by atoms with Gasteiger partial charge in [0.05, 0.1) is 18.5 Å². The van der Waals surface area contributed by atoms with Crippen LogP contribution in [0.25, 0.3) is 10.6 Å². The van der Waals surface area contributed by atoms with Gasteiger partial charge in [0.25, 0.3) is 0 Å². The molecule has 0 radical (unpaired) electrons. The third kappa shape index (κ3) is 3.81. The summed E-state index contributed by atoms with van der Waals surface area (Å²) in [6.45, 7) is 1.60. The minimum atomic E-state index is 0.790. The normalized spacial score (nSPS) is 11.2. The van der Waals surface area contributed by atoms with Crippen molar-refractivity contribution in [3.05, 3.63) is 64.0 Å². The maximum Gasteiger partial charge on any atom is 0.123 e. The van der Waals surface area contributed by atoms with Gasteiger partial charge in [-0.1, -0.05) is 28.1 Å². The highest BCUT2D eigenvalue weighted by atomic mass is 79.9. The second-order valence-electron chi connectivity index (χ2n) is 4.90. The van der Waals surface area contributed by atoms with Crippen molar-refractivity contribution in [3.8, 4) is 10.6 Å². The molecule has 108 valence electrons. The van der Waals surface area contributed by atoms with Crippen LogP contribution in [0.2, 0.25) is 0 Å². The number of hydrogen-bond acceptors (Lipinski definition) is 4. The Balaban J connectivity index is 1.66. The molecule has 0 saturated heterocycles. The third-order valence-electron chi connectivity index (χ3n) is 3.08. The van der Waals surface area contributed by atoms with E-state index < -0.39 is 0 Å². The summed E-state index contributed by atoms with van der Waals surface area (Å²) in [5, 5.41) is 3.18. The van der Waals surface area contributed by atoms with Crippen LogP contribution in [0.5, 0.6) is 0 Å². The van der Waals surface area contributed by atoms with Crippen molar-refractivity contribution in [2.75, 3.05) is 7.05 Å². The zero-order valence-electron chi connectivity index (χ0n) is 11.6. The lowest BCUT2D eigenvalue weighted by Gasteiger charge is -2.13. The predicted molar refractivity (Wildman–Crippen MR) is 89.1 cm³/mol. The lowest BCUT2D eigenvalue weighted by atomic mass is 10.2. The van der Waals surface area contributed by atoms with Crippen LogP contribution < -0.4 is 0 Å². The molecule has 0 saturated carbocycles. The predicted octanol–water partition coefficient (Wildman–Crippen LogP) is 4.80. The van der Waals surface area contributed by atoms with Gasteiger partial charge >= 0.3 is 0 Å². The first-order chi connectivity index (χ1) is 10.2. The molecule has 3 aromatic rings. The van der Waals surface area contributed by atoms with E-state index in [1.165, 1.54) is 0 Å². The Morgan fingerprint density at radius 1 is 1.19 bits per heavy atom. The summed E-state index contributed by atoms with van der Waals surface area (Å²) in [4.78, 5) is 6.90. The van der Waals surface area contributed by atoms with E-state index in [0.29, 0.717) is 0 Å². The van der Waals surface area contributed by atoms with Crippen molar-refractivity contribution in [2.24, 2.45) is 0 Å². The number of thiazole rings is 1. The topological polar surface area (TPSA) is 29.3 Å². The fraction of sp³-hybridized carbons (Fsp3) is 0.188. The van der Waals surface area contributed by atoms with Crippen molar-refractivity contribution in [3.63, 3.8) is 0 Å². The molecule has 1 aromatic carbocycles. The Labute approximate surface area is 136 Å². The summed E-state index contributed by atoms with van der Waals surface area (Å²) in [5.41, 5.74) is 2.25. The number of benzene rings is 1. The second kappa shape index (κ2) is 6.56. The molecule has 0 N–H and O–H groups in total. The van der Waals surface area contributed by atoms with E-state index in [1.807, 2.05) is 24.3 Å². The lowest BCUT2D eigenvalue weighted by Crippen LogP contribution is -2.16. The quantitative estimate of drug-likeness (QED) is 0.652. The third-order valence-corrected chi connectivity index (χ3v) is 4.55. The van der Waals surface area contributed by atoms with Crippen molar-refractivity contribution < 1.29 is 4.42 Å². The molecule has 5 heteroatoms. The van der Waals surface area contributed by atoms with Crippen molar-refractivity contribution in [1.29, 1.82) is 0 Å². The van der Waals surface area contributed by atoms with Crippen LogP contribution in [-0.4, -0.2) is 16.9 Å². The number of aromatic nitrogens is 1. The van der Waals surface area contributed by atoms with E-state index in [-0.39, 0.29) is 0 Å². The maximum absolute atomic E-state index is 5.36.